The Balaban J connectivity index is 2.55. The first-order chi connectivity index (χ1) is 8.08. The zero-order chi connectivity index (χ0) is 12.8. The van der Waals surface area contributed by atoms with Gasteiger partial charge in [-0.3, -0.25) is 0 Å². The van der Waals surface area contributed by atoms with Gasteiger partial charge in [-0.15, -0.1) is 0 Å². The smallest absolute Gasteiger partial charge is 0.143 e. The molecule has 5 heteroatoms. The summed E-state index contributed by atoms with van der Waals surface area (Å²) < 4.78 is 13.2. The van der Waals surface area contributed by atoms with Crippen molar-refractivity contribution in [1.82, 2.24) is 4.90 Å². The number of hydrogen-bond acceptors (Lipinski definition) is 3. The highest BCUT2D eigenvalue weighted by Crippen LogP contribution is 2.25. The van der Waals surface area contributed by atoms with Gasteiger partial charge in [-0.25, -0.2) is 4.39 Å². The number of halogens is 2. The molecule has 1 aromatic rings. The minimum atomic E-state index is -0.453. The summed E-state index contributed by atoms with van der Waals surface area (Å²) in [6, 6.07) is 2.76. The SMILES string of the molecule is CCN(CC)CCNc1cc(F)c(Cl)cc1N. The number of nitrogens with two attached hydrogens (primary N) is 1. The number of rotatable bonds is 6. The van der Waals surface area contributed by atoms with Crippen LogP contribution in [0.5, 0.6) is 0 Å². The summed E-state index contributed by atoms with van der Waals surface area (Å²) in [6.45, 7) is 7.86. The van der Waals surface area contributed by atoms with Gasteiger partial charge in [-0.1, -0.05) is 25.4 Å². The van der Waals surface area contributed by atoms with E-state index in [9.17, 15) is 4.39 Å². The van der Waals surface area contributed by atoms with E-state index in [0.717, 1.165) is 26.2 Å². The number of nitrogens with zero attached hydrogens (tertiary/aromatic N) is 1. The van der Waals surface area contributed by atoms with Gasteiger partial charge >= 0.3 is 0 Å². The highest BCUT2D eigenvalue weighted by Gasteiger charge is 2.06. The highest BCUT2D eigenvalue weighted by molar-refractivity contribution is 6.31. The van der Waals surface area contributed by atoms with E-state index < -0.39 is 5.82 Å². The molecule has 0 aliphatic heterocycles. The summed E-state index contributed by atoms with van der Waals surface area (Å²) >= 11 is 5.62. The molecule has 17 heavy (non-hydrogen) atoms. The van der Waals surface area contributed by atoms with Gasteiger partial charge in [0.15, 0.2) is 0 Å². The first-order valence-corrected chi connectivity index (χ1v) is 6.17. The van der Waals surface area contributed by atoms with Crippen molar-refractivity contribution < 1.29 is 4.39 Å². The zero-order valence-electron chi connectivity index (χ0n) is 10.3. The van der Waals surface area contributed by atoms with Crippen LogP contribution in [0.2, 0.25) is 5.02 Å². The van der Waals surface area contributed by atoms with Gasteiger partial charge in [0.05, 0.1) is 16.4 Å². The number of anilines is 2. The first kappa shape index (κ1) is 14.1. The second kappa shape index (κ2) is 6.67. The van der Waals surface area contributed by atoms with Crippen LogP contribution in [-0.2, 0) is 0 Å². The number of nitrogens with one attached hydrogen (secondary N) is 1. The lowest BCUT2D eigenvalue weighted by Crippen LogP contribution is -2.28. The molecular formula is C12H19ClFN3. The molecule has 0 atom stereocenters. The second-order valence-electron chi connectivity index (χ2n) is 3.81. The van der Waals surface area contributed by atoms with Crippen LogP contribution in [0, 0.1) is 5.82 Å². The van der Waals surface area contributed by atoms with Crippen LogP contribution in [0.1, 0.15) is 13.8 Å². The predicted octanol–water partition coefficient (Wildman–Crippen LogP) is 2.82. The average Bonchev–Trinajstić information content (AvgIpc) is 2.31. The fourth-order valence-corrected chi connectivity index (χ4v) is 1.78. The van der Waals surface area contributed by atoms with Crippen molar-refractivity contribution in [1.29, 1.82) is 0 Å². The van der Waals surface area contributed by atoms with Gasteiger partial charge in [-0.05, 0) is 19.2 Å². The summed E-state index contributed by atoms with van der Waals surface area (Å²) in [5.41, 5.74) is 6.81. The first-order valence-electron chi connectivity index (χ1n) is 5.79. The average molecular weight is 260 g/mol. The molecule has 0 fully saturated rings. The van der Waals surface area contributed by atoms with Crippen LogP contribution < -0.4 is 11.1 Å². The van der Waals surface area contributed by atoms with E-state index in [2.05, 4.69) is 24.1 Å². The lowest BCUT2D eigenvalue weighted by atomic mass is 10.2. The Morgan fingerprint density at radius 2 is 2.00 bits per heavy atom. The van der Waals surface area contributed by atoms with Crippen molar-refractivity contribution in [3.05, 3.63) is 23.0 Å². The Morgan fingerprint density at radius 3 is 2.59 bits per heavy atom. The van der Waals surface area contributed by atoms with E-state index in [1.807, 2.05) is 0 Å². The van der Waals surface area contributed by atoms with Crippen molar-refractivity contribution in [3.8, 4) is 0 Å². The van der Waals surface area contributed by atoms with Gasteiger partial charge < -0.3 is 16.0 Å². The van der Waals surface area contributed by atoms with Crippen molar-refractivity contribution in [2.24, 2.45) is 0 Å². The summed E-state index contributed by atoms with van der Waals surface area (Å²) in [5, 5.41) is 3.17. The molecular weight excluding hydrogens is 241 g/mol. The van der Waals surface area contributed by atoms with E-state index in [4.69, 9.17) is 17.3 Å². The third kappa shape index (κ3) is 4.06. The summed E-state index contributed by atoms with van der Waals surface area (Å²) in [4.78, 5) is 2.27. The van der Waals surface area contributed by atoms with E-state index in [0.29, 0.717) is 11.4 Å². The standard InChI is InChI=1S/C12H19ClFN3/c1-3-17(4-2)6-5-16-12-8-10(14)9(13)7-11(12)15/h7-8,16H,3-6,15H2,1-2H3. The van der Waals surface area contributed by atoms with Gasteiger partial charge in [0.25, 0.3) is 0 Å². The number of likely N-dealkylation sites (N-methyl/N-ethyl adjacent to an activating group) is 1. The minimum Gasteiger partial charge on any atom is -0.397 e. The molecule has 0 aliphatic carbocycles. The van der Waals surface area contributed by atoms with Crippen LogP contribution in [0.15, 0.2) is 12.1 Å². The van der Waals surface area contributed by atoms with Gasteiger partial charge in [0, 0.05) is 19.2 Å². The quantitative estimate of drug-likeness (QED) is 0.772. The molecule has 1 rings (SSSR count). The fourth-order valence-electron chi connectivity index (χ4n) is 1.60. The molecule has 0 aliphatic rings. The van der Waals surface area contributed by atoms with Gasteiger partial charge in [0.1, 0.15) is 5.82 Å². The van der Waals surface area contributed by atoms with E-state index in [-0.39, 0.29) is 5.02 Å². The maximum absolute atomic E-state index is 13.2. The lowest BCUT2D eigenvalue weighted by Gasteiger charge is -2.19. The summed E-state index contributed by atoms with van der Waals surface area (Å²) in [6.07, 6.45) is 0. The third-order valence-corrected chi connectivity index (χ3v) is 3.02. The number of benzene rings is 1. The maximum atomic E-state index is 13.2. The molecule has 0 radical (unpaired) electrons. The minimum absolute atomic E-state index is 0.0526. The van der Waals surface area contributed by atoms with Crippen LogP contribution >= 0.6 is 11.6 Å². The Labute approximate surface area is 107 Å². The van der Waals surface area contributed by atoms with E-state index >= 15 is 0 Å². The van der Waals surface area contributed by atoms with Crippen LogP contribution in [0.4, 0.5) is 15.8 Å². The molecule has 96 valence electrons. The Morgan fingerprint density at radius 1 is 1.35 bits per heavy atom. The van der Waals surface area contributed by atoms with Crippen molar-refractivity contribution >= 4 is 23.0 Å². The normalized spacial score (nSPS) is 10.9. The summed E-state index contributed by atoms with van der Waals surface area (Å²) in [7, 11) is 0. The maximum Gasteiger partial charge on any atom is 0.143 e. The van der Waals surface area contributed by atoms with Crippen molar-refractivity contribution in [2.45, 2.75) is 13.8 Å². The zero-order valence-corrected chi connectivity index (χ0v) is 11.0. The highest BCUT2D eigenvalue weighted by atomic mass is 35.5. The monoisotopic (exact) mass is 259 g/mol. The molecule has 0 heterocycles. The second-order valence-corrected chi connectivity index (χ2v) is 4.21. The van der Waals surface area contributed by atoms with Gasteiger partial charge in [0.2, 0.25) is 0 Å². The predicted molar refractivity (Wildman–Crippen MR) is 72.1 cm³/mol. The Bertz CT molecular complexity index is 367. The Hall–Kier alpha value is -1.00. The third-order valence-electron chi connectivity index (χ3n) is 2.73. The van der Waals surface area contributed by atoms with Crippen LogP contribution in [0.3, 0.4) is 0 Å². The fraction of sp³-hybridized carbons (Fsp3) is 0.500. The molecule has 0 spiro atoms. The molecule has 0 saturated heterocycles. The molecule has 3 nitrogen and oxygen atoms in total. The van der Waals surface area contributed by atoms with E-state index in [1.54, 1.807) is 0 Å². The van der Waals surface area contributed by atoms with Crippen molar-refractivity contribution in [2.75, 3.05) is 37.2 Å². The topological polar surface area (TPSA) is 41.3 Å². The molecule has 0 amide bonds. The summed E-state index contributed by atoms with van der Waals surface area (Å²) in [5.74, 6) is -0.453. The molecule has 0 bridgehead atoms. The van der Waals surface area contributed by atoms with Crippen LogP contribution in [0.25, 0.3) is 0 Å². The van der Waals surface area contributed by atoms with Gasteiger partial charge in [-0.2, -0.15) is 0 Å². The van der Waals surface area contributed by atoms with Crippen molar-refractivity contribution in [3.63, 3.8) is 0 Å². The Kier molecular flexibility index (Phi) is 5.51. The molecule has 3 N–H and O–H groups in total. The molecule has 0 aromatic heterocycles. The van der Waals surface area contributed by atoms with Crippen LogP contribution in [-0.4, -0.2) is 31.1 Å². The molecule has 0 saturated carbocycles. The molecule has 0 unspecified atom stereocenters. The lowest BCUT2D eigenvalue weighted by molar-refractivity contribution is 0.316. The number of nitrogen functional groups attached to an aromatic ring is 1. The number of hydrogen-bond donors (Lipinski definition) is 2. The molecule has 1 aromatic carbocycles. The largest absolute Gasteiger partial charge is 0.397 e. The van der Waals surface area contributed by atoms with E-state index in [1.165, 1.54) is 12.1 Å².